The van der Waals surface area contributed by atoms with E-state index in [4.69, 9.17) is 15.7 Å². The molecule has 0 saturated heterocycles. The second-order valence-electron chi connectivity index (χ2n) is 16.1. The number of fused-ring (bicyclic) bond motifs is 1. The van der Waals surface area contributed by atoms with Gasteiger partial charge in [0.1, 0.15) is 18.2 Å². The predicted molar refractivity (Wildman–Crippen MR) is 254 cm³/mol. The molecule has 5 aromatic carbocycles. The van der Waals surface area contributed by atoms with Crippen molar-refractivity contribution < 1.29 is 0 Å². The van der Waals surface area contributed by atoms with Gasteiger partial charge >= 0.3 is 0 Å². The third-order valence-electron chi connectivity index (χ3n) is 12.3. The normalized spacial score (nSPS) is 20.1. The van der Waals surface area contributed by atoms with Gasteiger partial charge < -0.3 is 11.1 Å². The van der Waals surface area contributed by atoms with E-state index in [2.05, 4.69) is 181 Å². The minimum atomic E-state index is -0.206. The number of pyridine rings is 1. The lowest BCUT2D eigenvalue weighted by molar-refractivity contribution is 0.425. The third kappa shape index (κ3) is 7.88. The lowest BCUT2D eigenvalue weighted by Gasteiger charge is -2.34. The van der Waals surface area contributed by atoms with Gasteiger partial charge in [-0.15, -0.1) is 0 Å². The van der Waals surface area contributed by atoms with E-state index in [0.29, 0.717) is 5.92 Å². The van der Waals surface area contributed by atoms with Crippen LogP contribution in [0.4, 0.5) is 0 Å². The van der Waals surface area contributed by atoms with Crippen LogP contribution in [0.1, 0.15) is 83.3 Å². The average Bonchev–Trinajstić information content (AvgIpc) is 3.35. The number of nitrogens with one attached hydrogen (secondary N) is 2. The minimum absolute atomic E-state index is 0.125. The van der Waals surface area contributed by atoms with E-state index in [9.17, 15) is 0 Å². The molecule has 0 saturated carbocycles. The highest BCUT2D eigenvalue weighted by Gasteiger charge is 2.29. The molecule has 2 heterocycles. The summed E-state index contributed by atoms with van der Waals surface area (Å²) in [6.07, 6.45) is 26.6. The fraction of sp³-hybridized carbons (Fsp3) is 0.143. The number of aliphatic imine (C=N–C) groups is 1. The van der Waals surface area contributed by atoms with Crippen LogP contribution in [0.15, 0.2) is 205 Å². The van der Waals surface area contributed by atoms with Gasteiger partial charge in [-0.2, -0.15) is 0 Å². The first-order valence-corrected chi connectivity index (χ1v) is 21.6. The maximum atomic E-state index is 6.40. The number of nitrogens with two attached hydrogens (primary N) is 1. The molecule has 3 aliphatic carbocycles. The van der Waals surface area contributed by atoms with Crippen LogP contribution in [0.5, 0.6) is 0 Å². The van der Waals surface area contributed by atoms with E-state index in [-0.39, 0.29) is 12.3 Å². The highest BCUT2D eigenvalue weighted by Crippen LogP contribution is 2.42. The molecule has 0 fully saturated rings. The molecule has 3 atom stereocenters. The molecule has 4 aliphatic rings. The first kappa shape index (κ1) is 38.1. The average molecular weight is 792 g/mol. The van der Waals surface area contributed by atoms with Crippen LogP contribution in [0.2, 0.25) is 0 Å². The van der Waals surface area contributed by atoms with Gasteiger partial charge in [0.2, 0.25) is 0 Å². The molecule has 5 heteroatoms. The predicted octanol–water partition coefficient (Wildman–Crippen LogP) is 12.4. The lowest BCUT2D eigenvalue weighted by Crippen LogP contribution is -2.49. The van der Waals surface area contributed by atoms with Gasteiger partial charge in [0, 0.05) is 39.8 Å². The maximum Gasteiger partial charge on any atom is 0.131 e. The van der Waals surface area contributed by atoms with Gasteiger partial charge in [-0.05, 0) is 76.5 Å². The molecule has 6 aromatic rings. The molecule has 0 spiro atoms. The minimum Gasteiger partial charge on any atom is -0.404 e. The van der Waals surface area contributed by atoms with Crippen LogP contribution in [-0.2, 0) is 0 Å². The molecule has 298 valence electrons. The van der Waals surface area contributed by atoms with E-state index in [1.165, 1.54) is 33.4 Å². The van der Waals surface area contributed by atoms with Crippen molar-refractivity contribution in [2.45, 2.75) is 50.4 Å². The van der Waals surface area contributed by atoms with Crippen LogP contribution >= 0.6 is 0 Å². The number of rotatable bonds is 9. The summed E-state index contributed by atoms with van der Waals surface area (Å²) in [6, 6.07) is 47.4. The summed E-state index contributed by atoms with van der Waals surface area (Å²) in [5.74, 6) is 1.30. The molecule has 0 radical (unpaired) electrons. The van der Waals surface area contributed by atoms with E-state index in [1.54, 1.807) is 6.20 Å². The largest absolute Gasteiger partial charge is 0.404 e. The number of allylic oxidation sites excluding steroid dienone is 11. The SMILES string of the molecule is NC=C(c1ccccc1)c1nc(-c2ccccc2)c(C2=CC=C(C3N=C(c4ccc(C5C=CC=CC5)cc4)NC(c4ccc(C5=CCCC=C5)cc4)N3)CC2)c2ccccc12. The Kier molecular flexibility index (Phi) is 10.8. The number of hydrogen-bond acceptors (Lipinski definition) is 5. The van der Waals surface area contributed by atoms with Crippen molar-refractivity contribution in [1.82, 2.24) is 15.6 Å². The number of nitrogens with zero attached hydrogens (tertiary/aromatic N) is 2. The van der Waals surface area contributed by atoms with Crippen LogP contribution in [0, 0.1) is 0 Å². The quantitative estimate of drug-likeness (QED) is 0.136. The second kappa shape index (κ2) is 17.3. The molecule has 61 heavy (non-hydrogen) atoms. The zero-order valence-corrected chi connectivity index (χ0v) is 34.2. The third-order valence-corrected chi connectivity index (χ3v) is 12.3. The molecule has 0 bridgehead atoms. The Bertz CT molecular complexity index is 2820. The number of amidine groups is 1. The summed E-state index contributed by atoms with van der Waals surface area (Å²) in [5.41, 5.74) is 21.1. The molecule has 1 aliphatic heterocycles. The maximum absolute atomic E-state index is 6.40. The van der Waals surface area contributed by atoms with Gasteiger partial charge in [-0.25, -0.2) is 9.98 Å². The molecule has 10 rings (SSSR count). The summed E-state index contributed by atoms with van der Waals surface area (Å²) in [5, 5.41) is 9.92. The molecule has 5 nitrogen and oxygen atoms in total. The number of hydrogen-bond donors (Lipinski definition) is 3. The van der Waals surface area contributed by atoms with Crippen molar-refractivity contribution in [1.29, 1.82) is 0 Å². The van der Waals surface area contributed by atoms with Gasteiger partial charge in [-0.1, -0.05) is 188 Å². The second-order valence-corrected chi connectivity index (χ2v) is 16.1. The van der Waals surface area contributed by atoms with E-state index in [0.717, 1.165) is 87.9 Å². The van der Waals surface area contributed by atoms with Crippen molar-refractivity contribution in [2.75, 3.05) is 0 Å². The highest BCUT2D eigenvalue weighted by atomic mass is 15.3. The molecule has 3 unspecified atom stereocenters. The topological polar surface area (TPSA) is 75.3 Å². The molecular weight excluding hydrogens is 743 g/mol. The molecule has 0 amide bonds. The summed E-state index contributed by atoms with van der Waals surface area (Å²) in [7, 11) is 0. The Hall–Kier alpha value is -7.08. The fourth-order valence-corrected chi connectivity index (χ4v) is 9.10. The van der Waals surface area contributed by atoms with Crippen molar-refractivity contribution >= 4 is 33.3 Å². The van der Waals surface area contributed by atoms with Crippen molar-refractivity contribution in [3.63, 3.8) is 0 Å². The zero-order chi connectivity index (χ0) is 41.0. The van der Waals surface area contributed by atoms with Crippen LogP contribution < -0.4 is 16.4 Å². The van der Waals surface area contributed by atoms with Crippen LogP contribution in [0.3, 0.4) is 0 Å². The van der Waals surface area contributed by atoms with Crippen molar-refractivity contribution in [3.05, 3.63) is 239 Å². The Morgan fingerprint density at radius 2 is 1.41 bits per heavy atom. The standard InChI is InChI=1S/C56H49N5/c57-37-50(42-19-9-3-10-20-42)53-49-24-14-13-23-48(49)51(52(58-53)44-21-11-4-12-22-44)43-29-35-47(36-30-43)56-60-54(45-31-25-40(26-32-45)38-15-5-1-6-16-38)59-55(61-56)46-33-27-41(28-34-46)39-17-7-2-8-18-39/h1,3-7,9-15,17-29,31-35,37-38,55-56,61H,2,8,16,30,36,57H2,(H,59,60). The zero-order valence-electron chi connectivity index (χ0n) is 34.2. The van der Waals surface area contributed by atoms with Gasteiger partial charge in [-0.3, -0.25) is 5.32 Å². The van der Waals surface area contributed by atoms with Crippen LogP contribution in [0.25, 0.3) is 38.7 Å². The van der Waals surface area contributed by atoms with E-state index < -0.39 is 0 Å². The Morgan fingerprint density at radius 1 is 0.672 bits per heavy atom. The summed E-state index contributed by atoms with van der Waals surface area (Å²) in [4.78, 5) is 10.9. The van der Waals surface area contributed by atoms with Gasteiger partial charge in [0.05, 0.1) is 11.4 Å². The number of benzene rings is 5. The van der Waals surface area contributed by atoms with Crippen molar-refractivity contribution in [3.8, 4) is 11.3 Å². The summed E-state index contributed by atoms with van der Waals surface area (Å²) in [6.45, 7) is 0. The van der Waals surface area contributed by atoms with Gasteiger partial charge in [0.15, 0.2) is 0 Å². The monoisotopic (exact) mass is 791 g/mol. The Morgan fingerprint density at radius 3 is 2.11 bits per heavy atom. The van der Waals surface area contributed by atoms with E-state index >= 15 is 0 Å². The molecule has 1 aromatic heterocycles. The first-order chi connectivity index (χ1) is 30.2. The smallest absolute Gasteiger partial charge is 0.131 e. The molecular formula is C56H49N5. The highest BCUT2D eigenvalue weighted by molar-refractivity contribution is 6.05. The van der Waals surface area contributed by atoms with Gasteiger partial charge in [0.25, 0.3) is 0 Å². The van der Waals surface area contributed by atoms with E-state index in [1.807, 2.05) is 18.2 Å². The fourth-order valence-electron chi connectivity index (χ4n) is 9.10. The van der Waals surface area contributed by atoms with Crippen LogP contribution in [-0.4, -0.2) is 17.0 Å². The summed E-state index contributed by atoms with van der Waals surface area (Å²) < 4.78 is 0. The summed E-state index contributed by atoms with van der Waals surface area (Å²) >= 11 is 0. The first-order valence-electron chi connectivity index (χ1n) is 21.6. The Balaban J connectivity index is 1.03. The lowest BCUT2D eigenvalue weighted by atomic mass is 9.85. The number of aromatic nitrogens is 1. The Labute approximate surface area is 358 Å². The van der Waals surface area contributed by atoms with Crippen molar-refractivity contribution in [2.24, 2.45) is 10.7 Å². The molecule has 4 N–H and O–H groups in total.